The number of hydrogen-bond acceptors (Lipinski definition) is 2. The van der Waals surface area contributed by atoms with Crippen LogP contribution in [-0.4, -0.2) is 10.5 Å². The topological polar surface area (TPSA) is 34.4 Å². The van der Waals surface area contributed by atoms with Crippen LogP contribution in [0.5, 0.6) is 0 Å². The van der Waals surface area contributed by atoms with Crippen molar-refractivity contribution in [3.63, 3.8) is 0 Å². The summed E-state index contributed by atoms with van der Waals surface area (Å²) in [4.78, 5) is 18.6. The molecule has 1 heterocycles. The Morgan fingerprint density at radius 1 is 1.32 bits per heavy atom. The summed E-state index contributed by atoms with van der Waals surface area (Å²) in [6.07, 6.45) is 0.965. The molecular formula is C17H21ClN2OS. The number of aromatic nitrogens is 1. The summed E-state index contributed by atoms with van der Waals surface area (Å²) in [6.45, 7) is 8.68. The molecule has 2 aromatic rings. The van der Waals surface area contributed by atoms with Gasteiger partial charge in [-0.15, -0.1) is 11.3 Å². The first-order valence-corrected chi connectivity index (χ1v) is 8.37. The average Bonchev–Trinajstić information content (AvgIpc) is 2.65. The number of carbonyl (C=O) groups excluding carboxylic acids is 1. The second-order valence-corrected chi connectivity index (χ2v) is 8.06. The minimum Gasteiger partial charge on any atom is -0.324 e. The Kier molecular flexibility index (Phi) is 4.93. The van der Waals surface area contributed by atoms with Gasteiger partial charge in [-0.25, -0.2) is 0 Å². The molecule has 0 unspecified atom stereocenters. The van der Waals surface area contributed by atoms with Gasteiger partial charge in [0.15, 0.2) is 4.80 Å². The van der Waals surface area contributed by atoms with Crippen molar-refractivity contribution in [2.45, 2.75) is 34.1 Å². The van der Waals surface area contributed by atoms with Crippen molar-refractivity contribution in [3.8, 4) is 0 Å². The highest BCUT2D eigenvalue weighted by molar-refractivity contribution is 7.09. The maximum Gasteiger partial charge on any atom is 0.281 e. The van der Waals surface area contributed by atoms with E-state index in [1.165, 1.54) is 4.88 Å². The SMILES string of the molecule is Cc1c(CC(C)(C)C)sc(=NC(=O)c2ccccc2Cl)n1C. The summed E-state index contributed by atoms with van der Waals surface area (Å²) in [5, 5.41) is 0.432. The standard InChI is InChI=1S/C17H21ClN2OS/c1-11-14(10-17(2,3)4)22-16(20(11)5)19-15(21)12-8-6-7-9-13(12)18/h6-9H,10H2,1-5H3. The zero-order valence-electron chi connectivity index (χ0n) is 13.6. The molecule has 0 saturated carbocycles. The van der Waals surface area contributed by atoms with E-state index < -0.39 is 0 Å². The zero-order chi connectivity index (χ0) is 16.5. The predicted molar refractivity (Wildman–Crippen MR) is 92.5 cm³/mol. The first kappa shape index (κ1) is 17.0. The third-order valence-electron chi connectivity index (χ3n) is 3.40. The largest absolute Gasteiger partial charge is 0.324 e. The molecule has 2 rings (SSSR count). The molecule has 5 heteroatoms. The summed E-state index contributed by atoms with van der Waals surface area (Å²) in [6, 6.07) is 6.99. The lowest BCUT2D eigenvalue weighted by Crippen LogP contribution is -2.14. The number of benzene rings is 1. The number of halogens is 1. The van der Waals surface area contributed by atoms with E-state index in [0.717, 1.165) is 12.1 Å². The normalized spacial score (nSPS) is 12.7. The van der Waals surface area contributed by atoms with Gasteiger partial charge >= 0.3 is 0 Å². The molecule has 1 aromatic heterocycles. The van der Waals surface area contributed by atoms with Crippen molar-refractivity contribution in [1.29, 1.82) is 0 Å². The van der Waals surface area contributed by atoms with Gasteiger partial charge in [0.2, 0.25) is 0 Å². The van der Waals surface area contributed by atoms with Crippen molar-refractivity contribution >= 4 is 28.8 Å². The van der Waals surface area contributed by atoms with E-state index in [-0.39, 0.29) is 11.3 Å². The smallest absolute Gasteiger partial charge is 0.281 e. The van der Waals surface area contributed by atoms with Crippen LogP contribution in [-0.2, 0) is 13.5 Å². The fourth-order valence-electron chi connectivity index (χ4n) is 2.11. The van der Waals surface area contributed by atoms with Crippen LogP contribution in [0, 0.1) is 12.3 Å². The van der Waals surface area contributed by atoms with Gasteiger partial charge in [0.1, 0.15) is 0 Å². The highest BCUT2D eigenvalue weighted by atomic mass is 35.5. The van der Waals surface area contributed by atoms with Gasteiger partial charge in [-0.05, 0) is 30.9 Å². The van der Waals surface area contributed by atoms with E-state index in [2.05, 4.69) is 32.7 Å². The van der Waals surface area contributed by atoms with E-state index in [1.807, 2.05) is 11.6 Å². The molecule has 0 saturated heterocycles. The van der Waals surface area contributed by atoms with E-state index in [9.17, 15) is 4.79 Å². The van der Waals surface area contributed by atoms with Crippen molar-refractivity contribution in [2.24, 2.45) is 17.5 Å². The van der Waals surface area contributed by atoms with Crippen LogP contribution in [0.4, 0.5) is 0 Å². The molecule has 0 aliphatic rings. The Labute approximate surface area is 140 Å². The lowest BCUT2D eigenvalue weighted by Gasteiger charge is -2.17. The van der Waals surface area contributed by atoms with Crippen LogP contribution >= 0.6 is 22.9 Å². The maximum absolute atomic E-state index is 12.3. The number of hydrogen-bond donors (Lipinski definition) is 0. The quantitative estimate of drug-likeness (QED) is 0.801. The summed E-state index contributed by atoms with van der Waals surface area (Å²) < 4.78 is 1.97. The third kappa shape index (κ3) is 3.87. The number of carbonyl (C=O) groups is 1. The highest BCUT2D eigenvalue weighted by Gasteiger charge is 2.17. The molecule has 0 radical (unpaired) electrons. The predicted octanol–water partition coefficient (Wildman–Crippen LogP) is 4.38. The van der Waals surface area contributed by atoms with E-state index >= 15 is 0 Å². The third-order valence-corrected chi connectivity index (χ3v) is 4.96. The van der Waals surface area contributed by atoms with Crippen LogP contribution in [0.25, 0.3) is 0 Å². The number of rotatable bonds is 2. The highest BCUT2D eigenvalue weighted by Crippen LogP contribution is 2.24. The van der Waals surface area contributed by atoms with Gasteiger partial charge in [0.05, 0.1) is 10.6 Å². The Morgan fingerprint density at radius 3 is 2.55 bits per heavy atom. The molecular weight excluding hydrogens is 316 g/mol. The Hall–Kier alpha value is -1.39. The number of nitrogens with zero attached hydrogens (tertiary/aromatic N) is 2. The monoisotopic (exact) mass is 336 g/mol. The second-order valence-electron chi connectivity index (χ2n) is 6.59. The molecule has 0 bridgehead atoms. The van der Waals surface area contributed by atoms with Crippen molar-refractivity contribution in [3.05, 3.63) is 50.2 Å². The fourth-order valence-corrected chi connectivity index (χ4v) is 3.74. The van der Waals surface area contributed by atoms with Gasteiger partial charge in [-0.3, -0.25) is 4.79 Å². The van der Waals surface area contributed by atoms with Gasteiger partial charge in [0.25, 0.3) is 5.91 Å². The lowest BCUT2D eigenvalue weighted by molar-refractivity contribution is 0.0998. The summed E-state index contributed by atoms with van der Waals surface area (Å²) in [5.74, 6) is -0.301. The zero-order valence-corrected chi connectivity index (χ0v) is 15.2. The molecule has 0 atom stereocenters. The van der Waals surface area contributed by atoms with Crippen LogP contribution in [0.2, 0.25) is 5.02 Å². The van der Waals surface area contributed by atoms with E-state index in [4.69, 9.17) is 11.6 Å². The second kappa shape index (κ2) is 6.39. The molecule has 0 spiro atoms. The molecule has 3 nitrogen and oxygen atoms in total. The number of thiazole rings is 1. The minimum atomic E-state index is -0.301. The first-order valence-electron chi connectivity index (χ1n) is 7.18. The Balaban J connectivity index is 2.43. The van der Waals surface area contributed by atoms with E-state index in [1.54, 1.807) is 35.6 Å². The van der Waals surface area contributed by atoms with Crippen molar-refractivity contribution < 1.29 is 4.79 Å². The van der Waals surface area contributed by atoms with Crippen LogP contribution in [0.3, 0.4) is 0 Å². The number of amides is 1. The first-order chi connectivity index (χ1) is 10.2. The van der Waals surface area contributed by atoms with Gasteiger partial charge in [0, 0.05) is 17.6 Å². The molecule has 0 N–H and O–H groups in total. The van der Waals surface area contributed by atoms with Crippen LogP contribution in [0.15, 0.2) is 29.3 Å². The van der Waals surface area contributed by atoms with Gasteiger partial charge in [-0.1, -0.05) is 44.5 Å². The fraction of sp³-hybridized carbons (Fsp3) is 0.412. The van der Waals surface area contributed by atoms with Gasteiger partial charge < -0.3 is 4.57 Å². The molecule has 118 valence electrons. The lowest BCUT2D eigenvalue weighted by atomic mass is 9.91. The average molecular weight is 337 g/mol. The van der Waals surface area contributed by atoms with E-state index in [0.29, 0.717) is 15.4 Å². The summed E-state index contributed by atoms with van der Waals surface area (Å²) in [5.41, 5.74) is 1.80. The molecule has 0 aliphatic carbocycles. The minimum absolute atomic E-state index is 0.201. The molecule has 0 fully saturated rings. The van der Waals surface area contributed by atoms with Crippen molar-refractivity contribution in [2.75, 3.05) is 0 Å². The molecule has 0 aliphatic heterocycles. The molecule has 1 aromatic carbocycles. The summed E-state index contributed by atoms with van der Waals surface area (Å²) >= 11 is 7.64. The summed E-state index contributed by atoms with van der Waals surface area (Å²) in [7, 11) is 1.94. The van der Waals surface area contributed by atoms with Gasteiger partial charge in [-0.2, -0.15) is 4.99 Å². The molecule has 1 amide bonds. The maximum atomic E-state index is 12.3. The van der Waals surface area contributed by atoms with Crippen LogP contribution < -0.4 is 4.80 Å². The Morgan fingerprint density at radius 2 is 1.95 bits per heavy atom. The van der Waals surface area contributed by atoms with Crippen molar-refractivity contribution in [1.82, 2.24) is 4.57 Å². The molecule has 22 heavy (non-hydrogen) atoms. The van der Waals surface area contributed by atoms with Crippen LogP contribution in [0.1, 0.15) is 41.7 Å². The Bertz CT molecular complexity index is 766.